The van der Waals surface area contributed by atoms with Crippen molar-refractivity contribution in [3.05, 3.63) is 67.9 Å². The van der Waals surface area contributed by atoms with Crippen molar-refractivity contribution in [3.63, 3.8) is 0 Å². The maximum Gasteiger partial charge on any atom is 0.203 e. The Bertz CT molecular complexity index is 891. The molecule has 3 rings (SSSR count). The fourth-order valence-corrected chi connectivity index (χ4v) is 3.22. The van der Waals surface area contributed by atoms with E-state index in [0.29, 0.717) is 10.0 Å². The summed E-state index contributed by atoms with van der Waals surface area (Å²) in [5.41, 5.74) is 6.67. The van der Waals surface area contributed by atoms with Crippen molar-refractivity contribution < 1.29 is 0 Å². The van der Waals surface area contributed by atoms with Crippen molar-refractivity contribution >= 4 is 61.3 Å². The number of halogens is 3. The summed E-state index contributed by atoms with van der Waals surface area (Å²) >= 11 is 16.9. The molecule has 0 aliphatic carbocycles. The summed E-state index contributed by atoms with van der Waals surface area (Å²) in [6.07, 6.45) is 0. The molecular formula is C17H12BrCl2N3S. The van der Waals surface area contributed by atoms with Gasteiger partial charge in [0, 0.05) is 15.4 Å². The average Bonchev–Trinajstić information content (AvgIpc) is 3.05. The maximum absolute atomic E-state index is 6.04. The van der Waals surface area contributed by atoms with E-state index in [2.05, 4.69) is 31.4 Å². The lowest BCUT2D eigenvalue weighted by molar-refractivity contribution is 1.27. The minimum atomic E-state index is 0.510. The number of hydrogen-bond donors (Lipinski definition) is 1. The summed E-state index contributed by atoms with van der Waals surface area (Å²) in [7, 11) is 0. The SMILES string of the molecule is CC(=NNc1nc(-c2ccc(Br)cc2)cs1)c1ccc(Cl)c(Cl)c1. The molecule has 0 atom stereocenters. The molecule has 3 nitrogen and oxygen atoms in total. The van der Waals surface area contributed by atoms with E-state index in [-0.39, 0.29) is 0 Å². The second kappa shape index (κ2) is 7.66. The number of rotatable bonds is 4. The van der Waals surface area contributed by atoms with Crippen LogP contribution in [0.5, 0.6) is 0 Å². The van der Waals surface area contributed by atoms with Crippen LogP contribution in [0.2, 0.25) is 10.0 Å². The zero-order valence-corrected chi connectivity index (χ0v) is 16.5. The number of anilines is 1. The van der Waals surface area contributed by atoms with Crippen LogP contribution < -0.4 is 5.43 Å². The minimum Gasteiger partial charge on any atom is -0.252 e. The molecule has 24 heavy (non-hydrogen) atoms. The van der Waals surface area contributed by atoms with Gasteiger partial charge in [-0.25, -0.2) is 4.98 Å². The van der Waals surface area contributed by atoms with Crippen molar-refractivity contribution in [2.24, 2.45) is 5.10 Å². The highest BCUT2D eigenvalue weighted by Gasteiger charge is 2.05. The molecule has 1 heterocycles. The van der Waals surface area contributed by atoms with E-state index in [1.165, 1.54) is 11.3 Å². The Hall–Kier alpha value is -1.40. The maximum atomic E-state index is 6.04. The van der Waals surface area contributed by atoms with Gasteiger partial charge in [-0.05, 0) is 36.8 Å². The van der Waals surface area contributed by atoms with Gasteiger partial charge in [0.2, 0.25) is 5.13 Å². The number of nitrogens with one attached hydrogen (secondary N) is 1. The molecular weight excluding hydrogens is 429 g/mol. The molecule has 0 spiro atoms. The van der Waals surface area contributed by atoms with Gasteiger partial charge >= 0.3 is 0 Å². The van der Waals surface area contributed by atoms with Crippen molar-refractivity contribution in [3.8, 4) is 11.3 Å². The highest BCUT2D eigenvalue weighted by Crippen LogP contribution is 2.26. The van der Waals surface area contributed by atoms with Crippen molar-refractivity contribution in [2.75, 3.05) is 5.43 Å². The standard InChI is InChI=1S/C17H12BrCl2N3S/c1-10(12-4-7-14(19)15(20)8-12)22-23-17-21-16(9-24-17)11-2-5-13(18)6-3-11/h2-9H,1H3,(H,21,23). The summed E-state index contributed by atoms with van der Waals surface area (Å²) in [4.78, 5) is 4.55. The molecule has 0 unspecified atom stereocenters. The molecule has 0 bridgehead atoms. The third-order valence-electron chi connectivity index (χ3n) is 3.30. The fourth-order valence-electron chi connectivity index (χ4n) is 2.00. The van der Waals surface area contributed by atoms with Crippen LogP contribution in [-0.4, -0.2) is 10.7 Å². The van der Waals surface area contributed by atoms with E-state index < -0.39 is 0 Å². The number of thiazole rings is 1. The molecule has 1 N–H and O–H groups in total. The predicted molar refractivity (Wildman–Crippen MR) is 108 cm³/mol. The molecule has 0 fully saturated rings. The van der Waals surface area contributed by atoms with Crippen LogP contribution >= 0.6 is 50.5 Å². The van der Waals surface area contributed by atoms with Crippen LogP contribution in [0.1, 0.15) is 12.5 Å². The van der Waals surface area contributed by atoms with Crippen LogP contribution in [0, 0.1) is 0 Å². The molecule has 122 valence electrons. The Balaban J connectivity index is 1.74. The van der Waals surface area contributed by atoms with Gasteiger partial charge < -0.3 is 0 Å². The molecule has 0 saturated carbocycles. The number of nitrogens with zero attached hydrogens (tertiary/aromatic N) is 2. The summed E-state index contributed by atoms with van der Waals surface area (Å²) in [5.74, 6) is 0. The third kappa shape index (κ3) is 4.16. The van der Waals surface area contributed by atoms with Crippen molar-refractivity contribution in [1.29, 1.82) is 0 Å². The molecule has 0 aliphatic heterocycles. The van der Waals surface area contributed by atoms with E-state index in [0.717, 1.165) is 32.1 Å². The minimum absolute atomic E-state index is 0.510. The molecule has 0 radical (unpaired) electrons. The molecule has 0 saturated heterocycles. The zero-order chi connectivity index (χ0) is 17.1. The first-order valence-corrected chi connectivity index (χ1v) is 9.43. The lowest BCUT2D eigenvalue weighted by atomic mass is 10.1. The van der Waals surface area contributed by atoms with Gasteiger partial charge in [0.25, 0.3) is 0 Å². The molecule has 0 aliphatic rings. The molecule has 3 aromatic rings. The summed E-state index contributed by atoms with van der Waals surface area (Å²) in [6.45, 7) is 1.90. The quantitative estimate of drug-likeness (QED) is 0.361. The van der Waals surface area contributed by atoms with Crippen LogP contribution in [-0.2, 0) is 0 Å². The fraction of sp³-hybridized carbons (Fsp3) is 0.0588. The van der Waals surface area contributed by atoms with Crippen LogP contribution in [0.3, 0.4) is 0 Å². The number of hydrogen-bond acceptors (Lipinski definition) is 4. The zero-order valence-electron chi connectivity index (χ0n) is 12.6. The number of benzene rings is 2. The van der Waals surface area contributed by atoms with Crippen LogP contribution in [0.4, 0.5) is 5.13 Å². The van der Waals surface area contributed by atoms with Crippen molar-refractivity contribution in [1.82, 2.24) is 4.98 Å². The van der Waals surface area contributed by atoms with E-state index in [9.17, 15) is 0 Å². The van der Waals surface area contributed by atoms with Gasteiger partial charge in [-0.1, -0.05) is 57.3 Å². The normalized spacial score (nSPS) is 11.6. The predicted octanol–water partition coefficient (Wildman–Crippen LogP) is 6.72. The Kier molecular flexibility index (Phi) is 5.56. The number of aromatic nitrogens is 1. The van der Waals surface area contributed by atoms with Crippen LogP contribution in [0.25, 0.3) is 11.3 Å². The average molecular weight is 441 g/mol. The van der Waals surface area contributed by atoms with E-state index in [4.69, 9.17) is 23.2 Å². The molecule has 2 aromatic carbocycles. The molecule has 1 aromatic heterocycles. The van der Waals surface area contributed by atoms with E-state index in [1.807, 2.05) is 42.6 Å². The highest BCUT2D eigenvalue weighted by molar-refractivity contribution is 9.10. The smallest absolute Gasteiger partial charge is 0.203 e. The Labute approximate surface area is 162 Å². The largest absolute Gasteiger partial charge is 0.252 e. The van der Waals surface area contributed by atoms with Crippen LogP contribution in [0.15, 0.2) is 57.4 Å². The first-order valence-electron chi connectivity index (χ1n) is 7.00. The van der Waals surface area contributed by atoms with Gasteiger partial charge in [-0.2, -0.15) is 5.10 Å². The van der Waals surface area contributed by atoms with Crippen molar-refractivity contribution in [2.45, 2.75) is 6.92 Å². The molecule has 7 heteroatoms. The summed E-state index contributed by atoms with van der Waals surface area (Å²) in [6, 6.07) is 13.5. The molecule has 0 amide bonds. The van der Waals surface area contributed by atoms with E-state index in [1.54, 1.807) is 12.1 Å². The van der Waals surface area contributed by atoms with Gasteiger partial charge in [0.05, 0.1) is 21.5 Å². The van der Waals surface area contributed by atoms with Gasteiger partial charge in [0.1, 0.15) is 0 Å². The third-order valence-corrected chi connectivity index (χ3v) is 5.32. The van der Waals surface area contributed by atoms with Gasteiger partial charge in [-0.15, -0.1) is 11.3 Å². The lowest BCUT2D eigenvalue weighted by Crippen LogP contribution is -1.99. The Morgan fingerprint density at radius 2 is 1.88 bits per heavy atom. The summed E-state index contributed by atoms with van der Waals surface area (Å²) in [5, 5.41) is 8.12. The Morgan fingerprint density at radius 1 is 1.12 bits per heavy atom. The van der Waals surface area contributed by atoms with E-state index >= 15 is 0 Å². The first-order chi connectivity index (χ1) is 11.5. The van der Waals surface area contributed by atoms with Gasteiger partial charge in [0.15, 0.2) is 0 Å². The summed E-state index contributed by atoms with van der Waals surface area (Å²) < 4.78 is 1.04. The Morgan fingerprint density at radius 3 is 2.58 bits per heavy atom. The second-order valence-corrected chi connectivity index (χ2v) is 7.57. The highest BCUT2D eigenvalue weighted by atomic mass is 79.9. The topological polar surface area (TPSA) is 37.3 Å². The number of hydrazone groups is 1. The monoisotopic (exact) mass is 439 g/mol. The second-order valence-electron chi connectivity index (χ2n) is 4.98. The van der Waals surface area contributed by atoms with Gasteiger partial charge in [-0.3, -0.25) is 5.43 Å². The lowest BCUT2D eigenvalue weighted by Gasteiger charge is -2.03. The first kappa shape index (κ1) is 17.4.